The third kappa shape index (κ3) is 4.11. The summed E-state index contributed by atoms with van der Waals surface area (Å²) in [7, 11) is 0. The number of hydrogen-bond donors (Lipinski definition) is 2. The molecule has 4 rings (SSSR count). The van der Waals surface area contributed by atoms with Crippen molar-refractivity contribution in [2.45, 2.75) is 39.0 Å². The molecule has 0 bridgehead atoms. The van der Waals surface area contributed by atoms with Crippen molar-refractivity contribution in [1.82, 2.24) is 0 Å². The maximum Gasteiger partial charge on any atom is 0.277 e. The van der Waals surface area contributed by atoms with Crippen molar-refractivity contribution in [3.8, 4) is 0 Å². The molecule has 0 spiro atoms. The first-order valence-electron chi connectivity index (χ1n) is 11.1. The molecule has 1 amide bonds. The predicted molar refractivity (Wildman–Crippen MR) is 124 cm³/mol. The van der Waals surface area contributed by atoms with E-state index in [1.807, 2.05) is 37.3 Å². The van der Waals surface area contributed by atoms with Gasteiger partial charge in [-0.1, -0.05) is 30.9 Å². The zero-order chi connectivity index (χ0) is 21.1. The second-order valence-corrected chi connectivity index (χ2v) is 9.03. The molecule has 3 aliphatic carbocycles. The van der Waals surface area contributed by atoms with Crippen molar-refractivity contribution in [3.05, 3.63) is 48.6 Å². The highest BCUT2D eigenvalue weighted by molar-refractivity contribution is 6.63. The number of carbonyl (C=O) groups excluding carboxylic acids is 1. The van der Waals surface area contributed by atoms with Crippen LogP contribution in [0.15, 0.2) is 53.1 Å². The second kappa shape index (κ2) is 8.99. The summed E-state index contributed by atoms with van der Waals surface area (Å²) in [5.41, 5.74) is 3.05. The van der Waals surface area contributed by atoms with Gasteiger partial charge in [-0.05, 0) is 91.9 Å². The van der Waals surface area contributed by atoms with E-state index in [-0.39, 0.29) is 11.6 Å². The highest BCUT2D eigenvalue weighted by atomic mass is 16.1. The number of benzene rings is 1. The lowest BCUT2D eigenvalue weighted by Gasteiger charge is -2.58. The molecule has 5 atom stereocenters. The Morgan fingerprint density at radius 1 is 1.17 bits per heavy atom. The molecule has 158 valence electrons. The number of allylic oxidation sites excluding steroid dienone is 3. The van der Waals surface area contributed by atoms with E-state index in [1.54, 1.807) is 12.3 Å². The van der Waals surface area contributed by atoms with E-state index in [9.17, 15) is 4.79 Å². The first-order valence-corrected chi connectivity index (χ1v) is 11.1. The molecule has 3 saturated carbocycles. The van der Waals surface area contributed by atoms with Crippen LogP contribution in [0, 0.1) is 29.6 Å². The topological polar surface area (TPSA) is 79.8 Å². The Balaban J connectivity index is 1.32. The van der Waals surface area contributed by atoms with E-state index in [0.29, 0.717) is 11.6 Å². The number of hydrazone groups is 1. The fraction of sp³-hybridized carbons (Fsp3) is 0.480. The van der Waals surface area contributed by atoms with Crippen LogP contribution in [0.3, 0.4) is 0 Å². The van der Waals surface area contributed by atoms with Crippen molar-refractivity contribution in [2.24, 2.45) is 45.5 Å². The maximum absolute atomic E-state index is 12.5. The summed E-state index contributed by atoms with van der Waals surface area (Å²) < 4.78 is 0. The summed E-state index contributed by atoms with van der Waals surface area (Å²) >= 11 is 0. The third-order valence-corrected chi connectivity index (χ3v) is 7.51. The standard InChI is InChI=1S/C25H32N4O/c1-3-4-16(2)17-5-8-20(9-6-17)28-25(30)24(29-26)15-27-14-19-13-18-7-10-21(18)23-12-11-22(19)23/h3-6,8-9,15,18-19,21-23H,1,7,10-14,26H2,2H3,(H,28,30)/b16-4+,27-15?,29-24?/t18-,19?,21?,22+,23?/m0/s1. The molecule has 1 aromatic rings. The van der Waals surface area contributed by atoms with Crippen LogP contribution in [0.25, 0.3) is 5.57 Å². The van der Waals surface area contributed by atoms with Crippen molar-refractivity contribution in [1.29, 1.82) is 0 Å². The molecule has 0 aromatic heterocycles. The number of nitrogens with zero attached hydrogens (tertiary/aromatic N) is 2. The molecule has 3 fully saturated rings. The minimum Gasteiger partial charge on any atom is -0.322 e. The van der Waals surface area contributed by atoms with Crippen LogP contribution >= 0.6 is 0 Å². The second-order valence-electron chi connectivity index (χ2n) is 9.03. The van der Waals surface area contributed by atoms with Gasteiger partial charge in [-0.25, -0.2) is 0 Å². The van der Waals surface area contributed by atoms with Crippen LogP contribution < -0.4 is 11.2 Å². The van der Waals surface area contributed by atoms with Crippen LogP contribution in [0.4, 0.5) is 5.69 Å². The summed E-state index contributed by atoms with van der Waals surface area (Å²) in [6, 6.07) is 7.66. The predicted octanol–water partition coefficient (Wildman–Crippen LogP) is 4.67. The minimum absolute atomic E-state index is 0.157. The van der Waals surface area contributed by atoms with Crippen LogP contribution in [0.5, 0.6) is 0 Å². The highest BCUT2D eigenvalue weighted by Crippen LogP contribution is 2.59. The van der Waals surface area contributed by atoms with Crippen molar-refractivity contribution in [2.75, 3.05) is 11.9 Å². The van der Waals surface area contributed by atoms with Gasteiger partial charge in [0.1, 0.15) is 0 Å². The number of fused-ring (bicyclic) bond motifs is 3. The van der Waals surface area contributed by atoms with Gasteiger partial charge in [-0.2, -0.15) is 5.10 Å². The minimum atomic E-state index is -0.337. The fourth-order valence-corrected chi connectivity index (χ4v) is 5.60. The van der Waals surface area contributed by atoms with Gasteiger partial charge < -0.3 is 11.2 Å². The Labute approximate surface area is 179 Å². The first kappa shape index (κ1) is 20.6. The number of anilines is 1. The van der Waals surface area contributed by atoms with Crippen LogP contribution in [0.2, 0.25) is 0 Å². The molecule has 5 nitrogen and oxygen atoms in total. The van der Waals surface area contributed by atoms with E-state index in [4.69, 9.17) is 5.84 Å². The average Bonchev–Trinajstić information content (AvgIpc) is 2.70. The fourth-order valence-electron chi connectivity index (χ4n) is 5.60. The molecule has 3 aliphatic rings. The number of nitrogens with one attached hydrogen (secondary N) is 1. The Bertz CT molecular complexity index is 883. The number of amides is 1. The Morgan fingerprint density at radius 2 is 1.90 bits per heavy atom. The van der Waals surface area contributed by atoms with E-state index in [0.717, 1.165) is 41.4 Å². The van der Waals surface area contributed by atoms with Gasteiger partial charge in [-0.3, -0.25) is 9.79 Å². The van der Waals surface area contributed by atoms with E-state index in [2.05, 4.69) is 22.0 Å². The summed E-state index contributed by atoms with van der Waals surface area (Å²) in [5, 5.41) is 6.51. The zero-order valence-electron chi connectivity index (χ0n) is 17.8. The largest absolute Gasteiger partial charge is 0.322 e. The zero-order valence-corrected chi connectivity index (χ0v) is 17.8. The summed E-state index contributed by atoms with van der Waals surface area (Å²) in [5.74, 6) is 9.49. The van der Waals surface area contributed by atoms with E-state index in [1.165, 1.54) is 32.1 Å². The normalized spacial score (nSPS) is 30.6. The van der Waals surface area contributed by atoms with E-state index < -0.39 is 0 Å². The number of nitrogens with two attached hydrogens (primary N) is 1. The van der Waals surface area contributed by atoms with Gasteiger partial charge in [0.25, 0.3) is 5.91 Å². The maximum atomic E-state index is 12.5. The molecular formula is C25H32N4O. The smallest absolute Gasteiger partial charge is 0.277 e. The van der Waals surface area contributed by atoms with Gasteiger partial charge in [0.05, 0.1) is 6.21 Å². The molecule has 5 heteroatoms. The van der Waals surface area contributed by atoms with Crippen molar-refractivity contribution >= 4 is 29.1 Å². The Hall–Kier alpha value is -2.69. The molecular weight excluding hydrogens is 372 g/mol. The lowest BCUT2D eigenvalue weighted by molar-refractivity contribution is -0.110. The van der Waals surface area contributed by atoms with Gasteiger partial charge in [-0.15, -0.1) is 0 Å². The van der Waals surface area contributed by atoms with Gasteiger partial charge in [0.2, 0.25) is 0 Å². The van der Waals surface area contributed by atoms with Crippen LogP contribution in [-0.2, 0) is 4.79 Å². The Morgan fingerprint density at radius 3 is 2.50 bits per heavy atom. The lowest BCUT2D eigenvalue weighted by atomic mass is 9.47. The van der Waals surface area contributed by atoms with Crippen LogP contribution in [-0.4, -0.2) is 24.4 Å². The molecule has 0 heterocycles. The molecule has 3 N–H and O–H groups in total. The summed E-state index contributed by atoms with van der Waals surface area (Å²) in [4.78, 5) is 17.1. The molecule has 0 radical (unpaired) electrons. The van der Waals surface area contributed by atoms with Crippen LogP contribution in [0.1, 0.15) is 44.6 Å². The molecule has 0 aliphatic heterocycles. The summed E-state index contributed by atoms with van der Waals surface area (Å²) in [6.45, 7) is 6.52. The third-order valence-electron chi connectivity index (χ3n) is 7.51. The van der Waals surface area contributed by atoms with E-state index >= 15 is 0 Å². The van der Waals surface area contributed by atoms with Gasteiger partial charge >= 0.3 is 0 Å². The lowest BCUT2D eigenvalue weighted by Crippen LogP contribution is -2.50. The SMILES string of the molecule is C=C/C=C(\C)c1ccc(NC(=O)C(C=NCC2C[C@@H]3CCC3C3CC[C@H]23)=NN)cc1. The Kier molecular flexibility index (Phi) is 6.16. The molecule has 3 unspecified atom stereocenters. The monoisotopic (exact) mass is 404 g/mol. The van der Waals surface area contributed by atoms with Crippen molar-refractivity contribution < 1.29 is 4.79 Å². The number of carbonyl (C=O) groups is 1. The molecule has 1 aromatic carbocycles. The number of rotatable bonds is 7. The highest BCUT2D eigenvalue weighted by Gasteiger charge is 2.51. The number of aliphatic imine (C=N–C) groups is 1. The van der Waals surface area contributed by atoms with Gasteiger partial charge in [0, 0.05) is 12.2 Å². The first-order chi connectivity index (χ1) is 14.6. The summed E-state index contributed by atoms with van der Waals surface area (Å²) in [6.07, 6.45) is 12.2. The molecule has 0 saturated heterocycles. The number of hydrogen-bond acceptors (Lipinski definition) is 4. The van der Waals surface area contributed by atoms with Gasteiger partial charge in [0.15, 0.2) is 5.71 Å². The molecule has 30 heavy (non-hydrogen) atoms. The quantitative estimate of drug-likeness (QED) is 0.300. The van der Waals surface area contributed by atoms with Crippen molar-refractivity contribution in [3.63, 3.8) is 0 Å². The average molecular weight is 405 g/mol.